The number of anilines is 1. The minimum atomic E-state index is -0.141. The second kappa shape index (κ2) is 9.06. The van der Waals surface area contributed by atoms with Gasteiger partial charge in [0.25, 0.3) is 5.91 Å². The standard InChI is InChI=1S/C21H21NO3S2/c1-3-4-13-25-16-11-9-15(10-12-16)14-19-20(23)22(21(26)27-19)17-7-5-6-8-18(17)24-2/h5-12,14H,3-4,13H2,1-2H3/b19-14-. The van der Waals surface area contributed by atoms with Crippen LogP contribution in [-0.2, 0) is 4.79 Å². The number of carbonyl (C=O) groups excluding carboxylic acids is 1. The second-order valence-corrected chi connectivity index (χ2v) is 7.64. The summed E-state index contributed by atoms with van der Waals surface area (Å²) < 4.78 is 11.5. The van der Waals surface area contributed by atoms with Crippen molar-refractivity contribution < 1.29 is 14.3 Å². The van der Waals surface area contributed by atoms with Crippen molar-refractivity contribution in [3.8, 4) is 11.5 Å². The summed E-state index contributed by atoms with van der Waals surface area (Å²) in [4.78, 5) is 15.0. The molecule has 0 N–H and O–H groups in total. The molecule has 1 aliphatic heterocycles. The topological polar surface area (TPSA) is 38.8 Å². The van der Waals surface area contributed by atoms with Crippen molar-refractivity contribution in [2.75, 3.05) is 18.6 Å². The van der Waals surface area contributed by atoms with E-state index in [1.165, 1.54) is 16.7 Å². The maximum absolute atomic E-state index is 12.9. The van der Waals surface area contributed by atoms with Gasteiger partial charge in [0, 0.05) is 0 Å². The Kier molecular flexibility index (Phi) is 6.53. The van der Waals surface area contributed by atoms with Gasteiger partial charge in [-0.25, -0.2) is 0 Å². The second-order valence-electron chi connectivity index (χ2n) is 5.96. The van der Waals surface area contributed by atoms with Gasteiger partial charge in [0.05, 0.1) is 24.3 Å². The third-order valence-corrected chi connectivity index (χ3v) is 5.37. The van der Waals surface area contributed by atoms with Gasteiger partial charge in [-0.3, -0.25) is 9.69 Å². The fourth-order valence-corrected chi connectivity index (χ4v) is 3.92. The van der Waals surface area contributed by atoms with Crippen LogP contribution in [0.5, 0.6) is 11.5 Å². The van der Waals surface area contributed by atoms with E-state index in [4.69, 9.17) is 21.7 Å². The average Bonchev–Trinajstić information content (AvgIpc) is 2.96. The summed E-state index contributed by atoms with van der Waals surface area (Å²) in [6.45, 7) is 2.85. The Hall–Kier alpha value is -2.31. The van der Waals surface area contributed by atoms with Gasteiger partial charge >= 0.3 is 0 Å². The predicted octanol–water partition coefficient (Wildman–Crippen LogP) is 5.28. The van der Waals surface area contributed by atoms with E-state index >= 15 is 0 Å². The molecule has 0 aliphatic carbocycles. The quantitative estimate of drug-likeness (QED) is 0.360. The summed E-state index contributed by atoms with van der Waals surface area (Å²) in [7, 11) is 1.58. The number of methoxy groups -OCH3 is 1. The van der Waals surface area contributed by atoms with Crippen LogP contribution in [0.1, 0.15) is 25.3 Å². The van der Waals surface area contributed by atoms with Crippen molar-refractivity contribution in [3.05, 3.63) is 59.0 Å². The van der Waals surface area contributed by atoms with E-state index in [1.54, 1.807) is 7.11 Å². The first-order valence-corrected chi connectivity index (χ1v) is 10.0. The Labute approximate surface area is 169 Å². The molecule has 0 saturated carbocycles. The molecule has 140 valence electrons. The molecule has 2 aromatic rings. The third-order valence-electron chi connectivity index (χ3n) is 4.06. The fraction of sp³-hybridized carbons (Fsp3) is 0.238. The lowest BCUT2D eigenvalue weighted by Gasteiger charge is -2.17. The van der Waals surface area contributed by atoms with Crippen LogP contribution in [-0.4, -0.2) is 23.9 Å². The predicted molar refractivity (Wildman–Crippen MR) is 115 cm³/mol. The van der Waals surface area contributed by atoms with Crippen LogP contribution >= 0.6 is 24.0 Å². The maximum Gasteiger partial charge on any atom is 0.270 e. The van der Waals surface area contributed by atoms with Crippen LogP contribution in [0.25, 0.3) is 6.08 Å². The van der Waals surface area contributed by atoms with Crippen LogP contribution in [0.4, 0.5) is 5.69 Å². The Bertz CT molecular complexity index is 862. The molecule has 1 saturated heterocycles. The molecule has 1 fully saturated rings. The highest BCUT2D eigenvalue weighted by atomic mass is 32.2. The minimum absolute atomic E-state index is 0.141. The highest BCUT2D eigenvalue weighted by molar-refractivity contribution is 8.27. The lowest BCUT2D eigenvalue weighted by Crippen LogP contribution is -2.27. The zero-order chi connectivity index (χ0) is 19.2. The highest BCUT2D eigenvalue weighted by Gasteiger charge is 2.34. The van der Waals surface area contributed by atoms with Crippen LogP contribution in [0, 0.1) is 0 Å². The van der Waals surface area contributed by atoms with E-state index in [9.17, 15) is 4.79 Å². The van der Waals surface area contributed by atoms with E-state index in [-0.39, 0.29) is 5.91 Å². The van der Waals surface area contributed by atoms with Gasteiger partial charge in [-0.1, -0.05) is 61.6 Å². The van der Waals surface area contributed by atoms with Crippen LogP contribution in [0.3, 0.4) is 0 Å². The molecule has 0 bridgehead atoms. The fourth-order valence-electron chi connectivity index (χ4n) is 2.64. The number of hydrogen-bond acceptors (Lipinski definition) is 5. The number of para-hydroxylation sites is 2. The molecule has 1 heterocycles. The Morgan fingerprint density at radius 1 is 1.15 bits per heavy atom. The number of thiocarbonyl (C=S) groups is 1. The molecule has 27 heavy (non-hydrogen) atoms. The molecule has 0 atom stereocenters. The molecule has 3 rings (SSSR count). The highest BCUT2D eigenvalue weighted by Crippen LogP contribution is 2.39. The third kappa shape index (κ3) is 4.51. The first kappa shape index (κ1) is 19.5. The normalized spacial score (nSPS) is 15.5. The number of thioether (sulfide) groups is 1. The number of hydrogen-bond donors (Lipinski definition) is 0. The van der Waals surface area contributed by atoms with Gasteiger partial charge < -0.3 is 9.47 Å². The van der Waals surface area contributed by atoms with Gasteiger partial charge in [-0.15, -0.1) is 0 Å². The summed E-state index contributed by atoms with van der Waals surface area (Å²) in [6.07, 6.45) is 3.99. The molecule has 0 aromatic heterocycles. The molecule has 1 amide bonds. The first-order chi connectivity index (χ1) is 13.1. The number of benzene rings is 2. The molecule has 0 spiro atoms. The SMILES string of the molecule is CCCCOc1ccc(/C=C2\SC(=S)N(c3ccccc3OC)C2=O)cc1. The Morgan fingerprint density at radius 3 is 2.59 bits per heavy atom. The molecular weight excluding hydrogens is 378 g/mol. The van der Waals surface area contributed by atoms with E-state index in [0.29, 0.717) is 27.3 Å². The van der Waals surface area contributed by atoms with Gasteiger partial charge in [-0.2, -0.15) is 0 Å². The van der Waals surface area contributed by atoms with Crippen molar-refractivity contribution in [2.45, 2.75) is 19.8 Å². The minimum Gasteiger partial charge on any atom is -0.495 e. The monoisotopic (exact) mass is 399 g/mol. The number of unbranched alkanes of at least 4 members (excludes halogenated alkanes) is 1. The Balaban J connectivity index is 1.78. The average molecular weight is 400 g/mol. The first-order valence-electron chi connectivity index (χ1n) is 8.78. The summed E-state index contributed by atoms with van der Waals surface area (Å²) in [6, 6.07) is 15.1. The van der Waals surface area contributed by atoms with Crippen LogP contribution in [0.15, 0.2) is 53.4 Å². The number of amides is 1. The molecule has 2 aromatic carbocycles. The van der Waals surface area contributed by atoms with Crippen molar-refractivity contribution in [1.82, 2.24) is 0 Å². The van der Waals surface area contributed by atoms with Gasteiger partial charge in [0.2, 0.25) is 0 Å². The van der Waals surface area contributed by atoms with Crippen molar-refractivity contribution >= 4 is 46.0 Å². The summed E-state index contributed by atoms with van der Waals surface area (Å²) in [5.74, 6) is 1.31. The zero-order valence-corrected chi connectivity index (χ0v) is 16.9. The Morgan fingerprint density at radius 2 is 1.89 bits per heavy atom. The number of carbonyl (C=O) groups is 1. The molecule has 1 aliphatic rings. The lowest BCUT2D eigenvalue weighted by atomic mass is 10.2. The van der Waals surface area contributed by atoms with Crippen molar-refractivity contribution in [3.63, 3.8) is 0 Å². The van der Waals surface area contributed by atoms with Crippen LogP contribution in [0.2, 0.25) is 0 Å². The number of rotatable bonds is 7. The largest absolute Gasteiger partial charge is 0.495 e. The van der Waals surface area contributed by atoms with E-state index in [0.717, 1.165) is 24.2 Å². The van der Waals surface area contributed by atoms with E-state index < -0.39 is 0 Å². The number of nitrogens with zero attached hydrogens (tertiary/aromatic N) is 1. The zero-order valence-electron chi connectivity index (χ0n) is 15.3. The van der Waals surface area contributed by atoms with Gasteiger partial charge in [-0.05, 0) is 42.3 Å². The number of ether oxygens (including phenoxy) is 2. The van der Waals surface area contributed by atoms with Crippen molar-refractivity contribution in [2.24, 2.45) is 0 Å². The van der Waals surface area contributed by atoms with Crippen molar-refractivity contribution in [1.29, 1.82) is 0 Å². The summed E-state index contributed by atoms with van der Waals surface area (Å²) in [5.41, 5.74) is 1.59. The molecule has 0 radical (unpaired) electrons. The molecule has 4 nitrogen and oxygen atoms in total. The summed E-state index contributed by atoms with van der Waals surface area (Å²) in [5, 5.41) is 0. The lowest BCUT2D eigenvalue weighted by molar-refractivity contribution is -0.113. The van der Waals surface area contributed by atoms with E-state index in [1.807, 2.05) is 54.6 Å². The maximum atomic E-state index is 12.9. The molecule has 6 heteroatoms. The molecular formula is C21H21NO3S2. The smallest absolute Gasteiger partial charge is 0.270 e. The van der Waals surface area contributed by atoms with Gasteiger partial charge in [0.15, 0.2) is 4.32 Å². The summed E-state index contributed by atoms with van der Waals surface area (Å²) >= 11 is 6.73. The van der Waals surface area contributed by atoms with Crippen LogP contribution < -0.4 is 14.4 Å². The van der Waals surface area contributed by atoms with E-state index in [2.05, 4.69) is 6.92 Å². The van der Waals surface area contributed by atoms with Gasteiger partial charge in [0.1, 0.15) is 11.5 Å². The molecule has 0 unspecified atom stereocenters.